The second-order valence-corrected chi connectivity index (χ2v) is 6.41. The molecule has 1 aromatic heterocycles. The average molecular weight is 387 g/mol. The molecule has 2 heterocycles. The van der Waals surface area contributed by atoms with Crippen LogP contribution in [0.3, 0.4) is 0 Å². The molecule has 1 aromatic carbocycles. The Labute approximate surface area is 150 Å². The van der Waals surface area contributed by atoms with E-state index in [2.05, 4.69) is 31.1 Å². The predicted octanol–water partition coefficient (Wildman–Crippen LogP) is 3.35. The van der Waals surface area contributed by atoms with E-state index in [1.807, 2.05) is 53.4 Å². The number of urea groups is 1. The summed E-state index contributed by atoms with van der Waals surface area (Å²) in [4.78, 5) is 20.6. The number of pyridine rings is 1. The number of benzene rings is 1. The molecule has 0 spiro atoms. The van der Waals surface area contributed by atoms with Crippen molar-refractivity contribution in [2.24, 2.45) is 0 Å². The maximum atomic E-state index is 12.2. The van der Waals surface area contributed by atoms with Crippen LogP contribution in [0.2, 0.25) is 0 Å². The summed E-state index contributed by atoms with van der Waals surface area (Å²) in [5, 5.41) is 2.83. The monoisotopic (exact) mass is 386 g/mol. The van der Waals surface area contributed by atoms with Gasteiger partial charge in [-0.25, -0.2) is 9.78 Å². The molecule has 5 nitrogen and oxygen atoms in total. The number of anilines is 1. The van der Waals surface area contributed by atoms with Crippen molar-refractivity contribution in [2.45, 2.75) is 0 Å². The van der Waals surface area contributed by atoms with Crippen LogP contribution in [0.1, 0.15) is 5.56 Å². The highest BCUT2D eigenvalue weighted by Crippen LogP contribution is 2.13. The summed E-state index contributed by atoms with van der Waals surface area (Å²) in [5.74, 6) is 0.965. The molecule has 0 saturated carbocycles. The van der Waals surface area contributed by atoms with Gasteiger partial charge in [0.2, 0.25) is 0 Å². The van der Waals surface area contributed by atoms with Gasteiger partial charge in [-0.05, 0) is 35.9 Å². The Kier molecular flexibility index (Phi) is 5.48. The smallest absolute Gasteiger partial charge is 0.321 e. The van der Waals surface area contributed by atoms with Crippen LogP contribution in [-0.4, -0.2) is 42.1 Å². The first kappa shape index (κ1) is 16.5. The number of hydrogen-bond donors (Lipinski definition) is 1. The van der Waals surface area contributed by atoms with Gasteiger partial charge in [0.05, 0.1) is 0 Å². The zero-order valence-corrected chi connectivity index (χ0v) is 14.8. The van der Waals surface area contributed by atoms with Crippen molar-refractivity contribution < 1.29 is 4.79 Å². The normalized spacial score (nSPS) is 14.9. The first-order valence-corrected chi connectivity index (χ1v) is 8.65. The zero-order chi connectivity index (χ0) is 16.8. The molecule has 0 bridgehead atoms. The van der Waals surface area contributed by atoms with E-state index in [-0.39, 0.29) is 6.03 Å². The minimum Gasteiger partial charge on any atom is -0.353 e. The third-order valence-corrected chi connectivity index (χ3v) is 4.42. The molecule has 0 unspecified atom stereocenters. The zero-order valence-electron chi connectivity index (χ0n) is 13.2. The number of halogens is 1. The summed E-state index contributed by atoms with van der Waals surface area (Å²) in [5.41, 5.74) is 1.04. The van der Waals surface area contributed by atoms with Crippen molar-refractivity contribution in [3.05, 3.63) is 64.9 Å². The number of nitrogens with one attached hydrogen (secondary N) is 1. The van der Waals surface area contributed by atoms with E-state index in [1.165, 1.54) is 0 Å². The summed E-state index contributed by atoms with van der Waals surface area (Å²) in [6, 6.07) is 13.7. The fourth-order valence-corrected chi connectivity index (χ4v) is 2.82. The van der Waals surface area contributed by atoms with Crippen LogP contribution in [-0.2, 0) is 0 Å². The minimum atomic E-state index is -0.0657. The van der Waals surface area contributed by atoms with Gasteiger partial charge in [0.1, 0.15) is 5.82 Å². The highest BCUT2D eigenvalue weighted by Gasteiger charge is 2.20. The van der Waals surface area contributed by atoms with Crippen LogP contribution in [0, 0.1) is 0 Å². The predicted molar refractivity (Wildman–Crippen MR) is 99.7 cm³/mol. The summed E-state index contributed by atoms with van der Waals surface area (Å²) in [6.45, 7) is 2.96. The molecule has 1 aliphatic rings. The second-order valence-electron chi connectivity index (χ2n) is 5.50. The first-order valence-electron chi connectivity index (χ1n) is 7.86. The van der Waals surface area contributed by atoms with Crippen LogP contribution in [0.5, 0.6) is 0 Å². The Hall–Kier alpha value is -2.34. The molecule has 124 valence electrons. The van der Waals surface area contributed by atoms with E-state index in [0.29, 0.717) is 13.1 Å². The van der Waals surface area contributed by atoms with Gasteiger partial charge >= 0.3 is 6.03 Å². The van der Waals surface area contributed by atoms with Gasteiger partial charge in [-0.1, -0.05) is 34.1 Å². The van der Waals surface area contributed by atoms with Gasteiger partial charge in [-0.2, -0.15) is 0 Å². The van der Waals surface area contributed by atoms with Crippen molar-refractivity contribution in [1.29, 1.82) is 0 Å². The maximum absolute atomic E-state index is 12.2. The Morgan fingerprint density at radius 1 is 1.08 bits per heavy atom. The Balaban J connectivity index is 1.47. The van der Waals surface area contributed by atoms with Crippen LogP contribution < -0.4 is 10.2 Å². The Bertz CT molecular complexity index is 695. The molecule has 0 atom stereocenters. The van der Waals surface area contributed by atoms with Crippen LogP contribution in [0.15, 0.2) is 59.3 Å². The topological polar surface area (TPSA) is 48.5 Å². The lowest BCUT2D eigenvalue weighted by atomic mass is 10.2. The molecule has 1 aliphatic heterocycles. The van der Waals surface area contributed by atoms with E-state index < -0.39 is 0 Å². The average Bonchev–Trinajstić information content (AvgIpc) is 2.64. The van der Waals surface area contributed by atoms with Gasteiger partial charge in [0.15, 0.2) is 0 Å². The van der Waals surface area contributed by atoms with Crippen molar-refractivity contribution in [2.75, 3.05) is 31.1 Å². The summed E-state index contributed by atoms with van der Waals surface area (Å²) < 4.78 is 1.04. The summed E-state index contributed by atoms with van der Waals surface area (Å²) >= 11 is 3.40. The maximum Gasteiger partial charge on any atom is 0.321 e. The fourth-order valence-electron chi connectivity index (χ4n) is 2.55. The molecule has 3 rings (SSSR count). The number of aromatic nitrogens is 1. The number of rotatable bonds is 3. The number of carbonyl (C=O) groups is 1. The molecule has 2 amide bonds. The number of piperazine rings is 1. The summed E-state index contributed by atoms with van der Waals surface area (Å²) in [6.07, 6.45) is 5.37. The lowest BCUT2D eigenvalue weighted by Gasteiger charge is -2.35. The molecule has 1 fully saturated rings. The van der Waals surface area contributed by atoms with E-state index >= 15 is 0 Å². The van der Waals surface area contributed by atoms with Crippen molar-refractivity contribution in [3.8, 4) is 0 Å². The lowest BCUT2D eigenvalue weighted by molar-refractivity contribution is 0.198. The molecule has 0 radical (unpaired) electrons. The third kappa shape index (κ3) is 4.35. The standard InChI is InChI=1S/C18H19BrN4O/c19-16-6-4-15(5-7-16)8-10-21-18(24)23-13-11-22(12-14-23)17-3-1-2-9-20-17/h1-10H,11-14H2,(H,21,24)/b10-8+. The van der Waals surface area contributed by atoms with E-state index in [9.17, 15) is 4.79 Å². The quantitative estimate of drug-likeness (QED) is 0.879. The molecule has 2 aromatic rings. The molecule has 1 saturated heterocycles. The van der Waals surface area contributed by atoms with Crippen molar-refractivity contribution >= 4 is 33.9 Å². The number of nitrogens with zero attached hydrogens (tertiary/aromatic N) is 3. The van der Waals surface area contributed by atoms with Gasteiger partial charge in [-0.3, -0.25) is 0 Å². The molecular weight excluding hydrogens is 368 g/mol. The molecule has 6 heteroatoms. The Morgan fingerprint density at radius 3 is 2.50 bits per heavy atom. The number of amides is 2. The van der Waals surface area contributed by atoms with Crippen LogP contribution >= 0.6 is 15.9 Å². The highest BCUT2D eigenvalue weighted by molar-refractivity contribution is 9.10. The largest absolute Gasteiger partial charge is 0.353 e. The first-order chi connectivity index (χ1) is 11.7. The van der Waals surface area contributed by atoms with Gasteiger partial charge < -0.3 is 15.1 Å². The van der Waals surface area contributed by atoms with Gasteiger partial charge in [0, 0.05) is 43.0 Å². The SMILES string of the molecule is O=C(N/C=C/c1ccc(Br)cc1)N1CCN(c2ccccn2)CC1. The van der Waals surface area contributed by atoms with Gasteiger partial charge in [0.25, 0.3) is 0 Å². The lowest BCUT2D eigenvalue weighted by Crippen LogP contribution is -2.51. The third-order valence-electron chi connectivity index (χ3n) is 3.89. The van der Waals surface area contributed by atoms with Gasteiger partial charge in [-0.15, -0.1) is 0 Å². The van der Waals surface area contributed by atoms with Crippen molar-refractivity contribution in [3.63, 3.8) is 0 Å². The Morgan fingerprint density at radius 2 is 1.83 bits per heavy atom. The minimum absolute atomic E-state index is 0.0657. The second kappa shape index (κ2) is 7.97. The fraction of sp³-hybridized carbons (Fsp3) is 0.222. The highest BCUT2D eigenvalue weighted by atomic mass is 79.9. The molecule has 0 aliphatic carbocycles. The number of hydrogen-bond acceptors (Lipinski definition) is 3. The molecular formula is C18H19BrN4O. The van der Waals surface area contributed by atoms with E-state index in [0.717, 1.165) is 28.9 Å². The number of carbonyl (C=O) groups excluding carboxylic acids is 1. The van der Waals surface area contributed by atoms with Crippen LogP contribution in [0.25, 0.3) is 6.08 Å². The van der Waals surface area contributed by atoms with E-state index in [4.69, 9.17) is 0 Å². The summed E-state index contributed by atoms with van der Waals surface area (Å²) in [7, 11) is 0. The van der Waals surface area contributed by atoms with Crippen molar-refractivity contribution in [1.82, 2.24) is 15.2 Å². The van der Waals surface area contributed by atoms with E-state index in [1.54, 1.807) is 12.4 Å². The molecule has 24 heavy (non-hydrogen) atoms. The van der Waals surface area contributed by atoms with Crippen LogP contribution in [0.4, 0.5) is 10.6 Å². The molecule has 1 N–H and O–H groups in total.